The smallest absolute Gasteiger partial charge is 0.266 e. The number of nitrogens with one attached hydrogen (secondary N) is 1. The zero-order valence-electron chi connectivity index (χ0n) is 14.0. The van der Waals surface area contributed by atoms with E-state index in [1.807, 2.05) is 30.3 Å². The molecule has 6 nitrogen and oxygen atoms in total. The van der Waals surface area contributed by atoms with Gasteiger partial charge in [-0.15, -0.1) is 0 Å². The van der Waals surface area contributed by atoms with Crippen LogP contribution in [0.2, 0.25) is 0 Å². The van der Waals surface area contributed by atoms with Gasteiger partial charge in [0.15, 0.2) is 0 Å². The Balaban J connectivity index is 2.74. The van der Waals surface area contributed by atoms with E-state index in [0.717, 1.165) is 24.9 Å². The number of aliphatic hydroxyl groups is 2. The predicted molar refractivity (Wildman–Crippen MR) is 93.1 cm³/mol. The van der Waals surface area contributed by atoms with Crippen molar-refractivity contribution < 1.29 is 15.0 Å². The Hall–Kier alpha value is -2.36. The predicted octanol–water partition coefficient (Wildman–Crippen LogP) is 1.66. The number of rotatable bonds is 10. The fourth-order valence-electron chi connectivity index (χ4n) is 2.17. The lowest BCUT2D eigenvalue weighted by molar-refractivity contribution is -0.127. The van der Waals surface area contributed by atoms with Crippen LogP contribution in [0.4, 0.5) is 5.69 Å². The number of amides is 1. The van der Waals surface area contributed by atoms with Crippen LogP contribution < -0.4 is 5.32 Å². The minimum absolute atomic E-state index is 0.0739. The van der Waals surface area contributed by atoms with Crippen LogP contribution in [0.25, 0.3) is 0 Å². The van der Waals surface area contributed by atoms with Crippen molar-refractivity contribution in [1.29, 1.82) is 5.26 Å². The summed E-state index contributed by atoms with van der Waals surface area (Å²) in [6.45, 7) is 1.85. The Labute approximate surface area is 143 Å². The lowest BCUT2D eigenvalue weighted by Gasteiger charge is -2.20. The minimum Gasteiger partial charge on any atom is -0.395 e. The Morgan fingerprint density at radius 1 is 1.25 bits per heavy atom. The molecule has 0 saturated carbocycles. The summed E-state index contributed by atoms with van der Waals surface area (Å²) in [4.78, 5) is 13.5. The van der Waals surface area contributed by atoms with Crippen molar-refractivity contribution in [1.82, 2.24) is 4.90 Å². The van der Waals surface area contributed by atoms with Gasteiger partial charge in [-0.1, -0.05) is 25.5 Å². The standard InChI is InChI=1S/C18H25N3O3/c1-2-3-4-15-5-7-17(8-6-15)20-14-16(13-19)18(24)21(9-11-22)10-12-23/h5-8,14,20,22-23H,2-4,9-12H2,1H3/b16-14-. The number of anilines is 1. The number of unbranched alkanes of at least 4 members (excludes halogenated alkanes) is 1. The van der Waals surface area contributed by atoms with E-state index in [1.54, 1.807) is 0 Å². The molecule has 3 N–H and O–H groups in total. The topological polar surface area (TPSA) is 96.6 Å². The molecule has 0 heterocycles. The van der Waals surface area contributed by atoms with Gasteiger partial charge in [0.2, 0.25) is 0 Å². The van der Waals surface area contributed by atoms with E-state index in [0.29, 0.717) is 0 Å². The number of aryl methyl sites for hydroxylation is 1. The van der Waals surface area contributed by atoms with Crippen LogP contribution in [0.1, 0.15) is 25.3 Å². The Bertz CT molecular complexity index is 570. The molecular weight excluding hydrogens is 306 g/mol. The van der Waals surface area contributed by atoms with E-state index < -0.39 is 5.91 Å². The molecule has 1 amide bonds. The Morgan fingerprint density at radius 3 is 2.38 bits per heavy atom. The molecule has 130 valence electrons. The van der Waals surface area contributed by atoms with E-state index in [-0.39, 0.29) is 31.9 Å². The van der Waals surface area contributed by atoms with Gasteiger partial charge in [-0.05, 0) is 30.5 Å². The molecule has 0 aliphatic rings. The molecule has 0 radical (unpaired) electrons. The van der Waals surface area contributed by atoms with Crippen molar-refractivity contribution >= 4 is 11.6 Å². The summed E-state index contributed by atoms with van der Waals surface area (Å²) in [7, 11) is 0. The number of hydrogen-bond donors (Lipinski definition) is 3. The van der Waals surface area contributed by atoms with Gasteiger partial charge >= 0.3 is 0 Å². The van der Waals surface area contributed by atoms with Crippen molar-refractivity contribution in [3.05, 3.63) is 41.6 Å². The number of carbonyl (C=O) groups is 1. The second-order valence-electron chi connectivity index (χ2n) is 5.35. The zero-order chi connectivity index (χ0) is 17.8. The highest BCUT2D eigenvalue weighted by molar-refractivity contribution is 5.97. The molecular formula is C18H25N3O3. The monoisotopic (exact) mass is 331 g/mol. The highest BCUT2D eigenvalue weighted by Crippen LogP contribution is 2.12. The normalized spacial score (nSPS) is 11.0. The Morgan fingerprint density at radius 2 is 1.88 bits per heavy atom. The first-order valence-corrected chi connectivity index (χ1v) is 8.13. The van der Waals surface area contributed by atoms with Gasteiger partial charge in [-0.3, -0.25) is 4.79 Å². The third-order valence-electron chi connectivity index (χ3n) is 3.53. The summed E-state index contributed by atoms with van der Waals surface area (Å²) in [6.07, 6.45) is 4.68. The van der Waals surface area contributed by atoms with Gasteiger partial charge in [0.25, 0.3) is 5.91 Å². The minimum atomic E-state index is -0.521. The highest BCUT2D eigenvalue weighted by Gasteiger charge is 2.17. The average molecular weight is 331 g/mol. The van der Waals surface area contributed by atoms with E-state index in [2.05, 4.69) is 12.2 Å². The van der Waals surface area contributed by atoms with Crippen LogP contribution in [0.15, 0.2) is 36.0 Å². The summed E-state index contributed by atoms with van der Waals surface area (Å²) in [6, 6.07) is 9.69. The quantitative estimate of drug-likeness (QED) is 0.447. The van der Waals surface area contributed by atoms with E-state index in [9.17, 15) is 10.1 Å². The average Bonchev–Trinajstić information content (AvgIpc) is 2.61. The molecule has 0 atom stereocenters. The molecule has 0 fully saturated rings. The fourth-order valence-corrected chi connectivity index (χ4v) is 2.17. The van der Waals surface area contributed by atoms with Crippen molar-refractivity contribution in [2.24, 2.45) is 0 Å². The third-order valence-corrected chi connectivity index (χ3v) is 3.53. The van der Waals surface area contributed by atoms with E-state index in [4.69, 9.17) is 10.2 Å². The summed E-state index contributed by atoms with van der Waals surface area (Å²) in [5.41, 5.74) is 1.96. The maximum atomic E-state index is 12.2. The number of benzene rings is 1. The van der Waals surface area contributed by atoms with Crippen LogP contribution >= 0.6 is 0 Å². The highest BCUT2D eigenvalue weighted by atomic mass is 16.3. The lowest BCUT2D eigenvalue weighted by Crippen LogP contribution is -2.36. The van der Waals surface area contributed by atoms with Gasteiger partial charge in [-0.2, -0.15) is 5.26 Å². The molecule has 0 spiro atoms. The zero-order valence-corrected chi connectivity index (χ0v) is 14.0. The molecule has 1 aromatic carbocycles. The Kier molecular flexibility index (Phi) is 9.20. The summed E-state index contributed by atoms with van der Waals surface area (Å²) in [5, 5.41) is 30.0. The molecule has 24 heavy (non-hydrogen) atoms. The number of nitrogens with zero attached hydrogens (tertiary/aromatic N) is 2. The molecule has 0 aromatic heterocycles. The van der Waals surface area contributed by atoms with Gasteiger partial charge in [0.1, 0.15) is 11.6 Å². The molecule has 1 rings (SSSR count). The van der Waals surface area contributed by atoms with Gasteiger partial charge < -0.3 is 20.4 Å². The van der Waals surface area contributed by atoms with Crippen LogP contribution in [0.3, 0.4) is 0 Å². The van der Waals surface area contributed by atoms with E-state index in [1.165, 1.54) is 16.7 Å². The number of nitriles is 1. The van der Waals surface area contributed by atoms with Crippen molar-refractivity contribution in [2.75, 3.05) is 31.6 Å². The van der Waals surface area contributed by atoms with Gasteiger partial charge in [0, 0.05) is 25.0 Å². The van der Waals surface area contributed by atoms with Gasteiger partial charge in [0.05, 0.1) is 13.2 Å². The summed E-state index contributed by atoms with van der Waals surface area (Å²) >= 11 is 0. The van der Waals surface area contributed by atoms with Gasteiger partial charge in [-0.25, -0.2) is 0 Å². The maximum Gasteiger partial charge on any atom is 0.266 e. The second kappa shape index (κ2) is 11.2. The summed E-state index contributed by atoms with van der Waals surface area (Å²) in [5.74, 6) is -0.521. The maximum absolute atomic E-state index is 12.2. The fraction of sp³-hybridized carbons (Fsp3) is 0.444. The summed E-state index contributed by atoms with van der Waals surface area (Å²) < 4.78 is 0. The van der Waals surface area contributed by atoms with Crippen LogP contribution in [-0.4, -0.2) is 47.3 Å². The molecule has 0 aliphatic heterocycles. The number of carbonyl (C=O) groups excluding carboxylic acids is 1. The van der Waals surface area contributed by atoms with Crippen LogP contribution in [-0.2, 0) is 11.2 Å². The molecule has 0 saturated heterocycles. The molecule has 0 aliphatic carbocycles. The molecule has 1 aromatic rings. The van der Waals surface area contributed by atoms with Crippen LogP contribution in [0, 0.1) is 11.3 Å². The second-order valence-corrected chi connectivity index (χ2v) is 5.35. The molecule has 0 unspecified atom stereocenters. The molecule has 6 heteroatoms. The molecule has 0 bridgehead atoms. The van der Waals surface area contributed by atoms with E-state index >= 15 is 0 Å². The van der Waals surface area contributed by atoms with Crippen molar-refractivity contribution in [2.45, 2.75) is 26.2 Å². The van der Waals surface area contributed by atoms with Crippen LogP contribution in [0.5, 0.6) is 0 Å². The van der Waals surface area contributed by atoms with Crippen molar-refractivity contribution in [3.8, 4) is 6.07 Å². The SMILES string of the molecule is CCCCc1ccc(N/C=C(/C#N)C(=O)N(CCO)CCO)cc1. The first-order valence-electron chi connectivity index (χ1n) is 8.13. The lowest BCUT2D eigenvalue weighted by atomic mass is 10.1. The largest absolute Gasteiger partial charge is 0.395 e. The number of hydrogen-bond acceptors (Lipinski definition) is 5. The number of aliphatic hydroxyl groups excluding tert-OH is 2. The first kappa shape index (κ1) is 19.7. The third kappa shape index (κ3) is 6.41. The van der Waals surface area contributed by atoms with Crippen molar-refractivity contribution in [3.63, 3.8) is 0 Å². The first-order chi connectivity index (χ1) is 11.7.